The number of hydrogen-bond donors (Lipinski definition) is 1. The average Bonchev–Trinajstić information content (AvgIpc) is 1.62. The topological polar surface area (TPSA) is 23.5 Å². The van der Waals surface area contributed by atoms with Gasteiger partial charge in [-0.2, -0.15) is 0 Å². The van der Waals surface area contributed by atoms with Gasteiger partial charge in [0.05, 0.1) is 11.0 Å². The van der Waals surface area contributed by atoms with E-state index in [-0.39, 0.29) is 5.54 Å². The van der Waals surface area contributed by atoms with E-state index in [1.54, 1.807) is 0 Å². The maximum atomic E-state index is 8.87. The van der Waals surface area contributed by atoms with E-state index in [9.17, 15) is 0 Å². The molecule has 0 amide bonds. The Kier molecular flexibility index (Phi) is 2.37. The zero-order valence-electron chi connectivity index (χ0n) is 5.38. The van der Waals surface area contributed by atoms with Crippen molar-refractivity contribution in [3.05, 3.63) is 0 Å². The van der Waals surface area contributed by atoms with Gasteiger partial charge in [0.2, 0.25) is 0 Å². The molecule has 0 aliphatic rings. The van der Waals surface area contributed by atoms with Crippen LogP contribution in [0.4, 0.5) is 0 Å². The third kappa shape index (κ3) is 2.23. The smallest absolute Gasteiger partial charge is 0.0908 e. The minimum Gasteiger partial charge on any atom is -0.288 e. The van der Waals surface area contributed by atoms with Crippen LogP contribution in [-0.4, -0.2) is 21.3 Å². The van der Waals surface area contributed by atoms with Crippen molar-refractivity contribution in [3.63, 3.8) is 0 Å². The Hall–Kier alpha value is -0.150. The van der Waals surface area contributed by atoms with E-state index in [0.717, 1.165) is 5.06 Å². The van der Waals surface area contributed by atoms with Crippen LogP contribution in [0.1, 0.15) is 20.8 Å². The highest BCUT2D eigenvalue weighted by Gasteiger charge is 2.14. The van der Waals surface area contributed by atoms with Gasteiger partial charge in [-0.05, 0) is 20.8 Å². The Balaban J connectivity index is 3.80. The summed E-state index contributed by atoms with van der Waals surface area (Å²) in [5, 5.41) is 9.87. The molecule has 0 rings (SSSR count). The van der Waals surface area contributed by atoms with Gasteiger partial charge in [0.15, 0.2) is 0 Å². The van der Waals surface area contributed by atoms with Crippen molar-refractivity contribution in [2.45, 2.75) is 26.3 Å². The van der Waals surface area contributed by atoms with Crippen molar-refractivity contribution in [1.82, 2.24) is 5.06 Å². The highest BCUT2D eigenvalue weighted by atomic mass is 32.1. The van der Waals surface area contributed by atoms with Crippen molar-refractivity contribution in [1.29, 1.82) is 0 Å². The van der Waals surface area contributed by atoms with E-state index < -0.39 is 0 Å². The molecule has 8 heavy (non-hydrogen) atoms. The Morgan fingerprint density at radius 1 is 1.50 bits per heavy atom. The fourth-order valence-electron chi connectivity index (χ4n) is 0.158. The molecule has 0 radical (unpaired) electrons. The molecule has 0 aromatic rings. The van der Waals surface area contributed by atoms with Gasteiger partial charge in [0.1, 0.15) is 0 Å². The number of hydroxylamine groups is 2. The van der Waals surface area contributed by atoms with Gasteiger partial charge in [-0.15, -0.1) is 0 Å². The standard InChI is InChI=1S/C5H11NOS/c1-5(2,3)6(7)4-8/h4,7H,1-3H3. The molecule has 0 aromatic heterocycles. The van der Waals surface area contributed by atoms with Crippen LogP contribution in [0.5, 0.6) is 0 Å². The molecular weight excluding hydrogens is 122 g/mol. The second-order valence-corrected chi connectivity index (χ2v) is 2.83. The molecule has 3 heteroatoms. The van der Waals surface area contributed by atoms with Crippen molar-refractivity contribution in [3.8, 4) is 0 Å². The maximum absolute atomic E-state index is 8.87. The zero-order chi connectivity index (χ0) is 6.78. The van der Waals surface area contributed by atoms with Gasteiger partial charge < -0.3 is 0 Å². The molecular formula is C5H11NOS. The van der Waals surface area contributed by atoms with E-state index in [0.29, 0.717) is 0 Å². The molecule has 1 N–H and O–H groups in total. The first-order valence-corrected chi connectivity index (χ1v) is 2.89. The Bertz CT molecular complexity index is 86.9. The van der Waals surface area contributed by atoms with Crippen LogP contribution in [0.25, 0.3) is 0 Å². The fraction of sp³-hybridized carbons (Fsp3) is 0.800. The first-order valence-electron chi connectivity index (χ1n) is 2.42. The maximum Gasteiger partial charge on any atom is 0.0908 e. The monoisotopic (exact) mass is 133 g/mol. The van der Waals surface area contributed by atoms with Gasteiger partial charge in [0, 0.05) is 0 Å². The predicted octanol–water partition coefficient (Wildman–Crippen LogP) is 1.43. The van der Waals surface area contributed by atoms with E-state index in [1.165, 1.54) is 5.49 Å². The van der Waals surface area contributed by atoms with Gasteiger partial charge in [-0.1, -0.05) is 12.2 Å². The summed E-state index contributed by atoms with van der Waals surface area (Å²) in [5.41, 5.74) is 0.960. The van der Waals surface area contributed by atoms with Gasteiger partial charge in [-0.3, -0.25) is 5.21 Å². The summed E-state index contributed by atoms with van der Waals surface area (Å²) in [7, 11) is 0. The Morgan fingerprint density at radius 3 is 1.88 bits per heavy atom. The van der Waals surface area contributed by atoms with Crippen LogP contribution >= 0.6 is 12.2 Å². The second-order valence-electron chi connectivity index (χ2n) is 2.62. The van der Waals surface area contributed by atoms with Crippen LogP contribution in [0.2, 0.25) is 0 Å². The van der Waals surface area contributed by atoms with E-state index >= 15 is 0 Å². The lowest BCUT2D eigenvalue weighted by Crippen LogP contribution is -2.36. The average molecular weight is 133 g/mol. The lowest BCUT2D eigenvalue weighted by Gasteiger charge is -2.26. The molecule has 0 saturated carbocycles. The molecule has 0 unspecified atom stereocenters. The predicted molar refractivity (Wildman–Crippen MR) is 37.0 cm³/mol. The van der Waals surface area contributed by atoms with Crippen molar-refractivity contribution >= 4 is 17.7 Å². The number of thiocarbonyl (C=S) groups is 1. The van der Waals surface area contributed by atoms with Crippen molar-refractivity contribution in [2.24, 2.45) is 0 Å². The molecule has 0 aliphatic carbocycles. The van der Waals surface area contributed by atoms with Crippen LogP contribution in [-0.2, 0) is 0 Å². The summed E-state index contributed by atoms with van der Waals surface area (Å²) >= 11 is 4.47. The van der Waals surface area contributed by atoms with Crippen LogP contribution in [0.15, 0.2) is 0 Å². The number of rotatable bonds is 1. The summed E-state index contributed by atoms with van der Waals surface area (Å²) in [6.07, 6.45) is 0. The molecule has 0 aliphatic heterocycles. The quantitative estimate of drug-likeness (QED) is 0.432. The highest BCUT2D eigenvalue weighted by Crippen LogP contribution is 2.06. The molecule has 0 spiro atoms. The molecule has 0 atom stereocenters. The minimum absolute atomic E-state index is 0.262. The van der Waals surface area contributed by atoms with Crippen molar-refractivity contribution in [2.75, 3.05) is 0 Å². The first-order chi connectivity index (χ1) is 3.48. The lowest BCUT2D eigenvalue weighted by molar-refractivity contribution is -0.0767. The highest BCUT2D eigenvalue weighted by molar-refractivity contribution is 7.78. The van der Waals surface area contributed by atoms with Crippen LogP contribution < -0.4 is 0 Å². The summed E-state index contributed by atoms with van der Waals surface area (Å²) < 4.78 is 0. The molecule has 0 saturated heterocycles. The summed E-state index contributed by atoms with van der Waals surface area (Å²) in [6, 6.07) is 0. The molecule has 0 fully saturated rings. The molecule has 0 heterocycles. The van der Waals surface area contributed by atoms with Gasteiger partial charge in [-0.25, -0.2) is 5.06 Å². The van der Waals surface area contributed by atoms with E-state index in [4.69, 9.17) is 5.21 Å². The Labute approximate surface area is 55.1 Å². The SMILES string of the molecule is CC(C)(C)N(O)C=S. The fourth-order valence-corrected chi connectivity index (χ4v) is 0.474. The molecule has 0 aromatic carbocycles. The largest absolute Gasteiger partial charge is 0.288 e. The normalized spacial score (nSPS) is 11.0. The molecule has 2 nitrogen and oxygen atoms in total. The number of hydrogen-bond acceptors (Lipinski definition) is 2. The van der Waals surface area contributed by atoms with Crippen LogP contribution in [0.3, 0.4) is 0 Å². The molecule has 0 bridgehead atoms. The zero-order valence-corrected chi connectivity index (χ0v) is 6.20. The molecule has 48 valence electrons. The van der Waals surface area contributed by atoms with Crippen LogP contribution in [0, 0.1) is 0 Å². The number of nitrogens with zero attached hydrogens (tertiary/aromatic N) is 1. The van der Waals surface area contributed by atoms with Gasteiger partial charge in [0.25, 0.3) is 0 Å². The second kappa shape index (κ2) is 2.42. The van der Waals surface area contributed by atoms with E-state index in [2.05, 4.69) is 12.2 Å². The third-order valence-electron chi connectivity index (χ3n) is 0.787. The van der Waals surface area contributed by atoms with Crippen molar-refractivity contribution < 1.29 is 5.21 Å². The first kappa shape index (κ1) is 7.85. The summed E-state index contributed by atoms with van der Waals surface area (Å²) in [5.74, 6) is 0. The summed E-state index contributed by atoms with van der Waals surface area (Å²) in [4.78, 5) is 0. The lowest BCUT2D eigenvalue weighted by atomic mass is 10.1. The Morgan fingerprint density at radius 2 is 1.88 bits per heavy atom. The summed E-state index contributed by atoms with van der Waals surface area (Å²) in [6.45, 7) is 5.61. The van der Waals surface area contributed by atoms with Gasteiger partial charge >= 0.3 is 0 Å². The minimum atomic E-state index is -0.262. The third-order valence-corrected chi connectivity index (χ3v) is 0.987. The van der Waals surface area contributed by atoms with E-state index in [1.807, 2.05) is 20.8 Å².